The van der Waals surface area contributed by atoms with Crippen LogP contribution in [-0.2, 0) is 0 Å². The number of hydrogen-bond acceptors (Lipinski definition) is 0. The van der Waals surface area contributed by atoms with Gasteiger partial charge in [-0.1, -0.05) is 82.2 Å². The zero-order chi connectivity index (χ0) is 20.6. The van der Waals surface area contributed by atoms with E-state index >= 15 is 0 Å². The molecule has 0 aromatic rings. The quantitative estimate of drug-likeness (QED) is 0.420. The molecule has 2 saturated carbocycles. The van der Waals surface area contributed by atoms with E-state index < -0.39 is 0 Å². The van der Waals surface area contributed by atoms with Crippen LogP contribution in [0.4, 0.5) is 0 Å². The Balaban J connectivity index is 1.61. The predicted molar refractivity (Wildman–Crippen MR) is 127 cm³/mol. The van der Waals surface area contributed by atoms with Crippen molar-refractivity contribution in [2.24, 2.45) is 40.4 Å². The molecule has 0 N–H and O–H groups in total. The van der Waals surface area contributed by atoms with Gasteiger partial charge in [-0.15, -0.1) is 0 Å². The summed E-state index contributed by atoms with van der Waals surface area (Å²) in [5.41, 5.74) is 4.38. The van der Waals surface area contributed by atoms with Gasteiger partial charge in [0.2, 0.25) is 0 Å². The monoisotopic (exact) mass is 392 g/mol. The van der Waals surface area contributed by atoms with Crippen LogP contribution in [0.2, 0.25) is 0 Å². The highest BCUT2D eigenvalue weighted by atomic mass is 14.6. The third kappa shape index (κ3) is 3.86. The first-order valence-electron chi connectivity index (χ1n) is 12.6. The lowest BCUT2D eigenvalue weighted by molar-refractivity contribution is 0.134. The van der Waals surface area contributed by atoms with Gasteiger partial charge in [-0.25, -0.2) is 0 Å². The van der Waals surface area contributed by atoms with Crippen molar-refractivity contribution in [3.8, 4) is 0 Å². The smallest absolute Gasteiger partial charge is 0.00741 e. The molecule has 0 bridgehead atoms. The van der Waals surface area contributed by atoms with E-state index in [1.165, 1.54) is 57.8 Å². The molecule has 160 valence electrons. The summed E-state index contributed by atoms with van der Waals surface area (Å²) in [4.78, 5) is 0. The standard InChI is InChI=1S/C29H44/c1-21(2)10-6-7-11-23-14-16-27-25-15-13-24-20-22(3)17-19-29(24,5)26(25)12-8-9-18-28(23,27)4/h6-8,12-13,15,21-23,26-27H,9-11,14,16-20H2,1-5H3/b7-6+,12-8?/t22?,23?,26-,27?,28?,29?/m0/s1. The van der Waals surface area contributed by atoms with Gasteiger partial charge in [0.15, 0.2) is 0 Å². The molecule has 0 aromatic heterocycles. The summed E-state index contributed by atoms with van der Waals surface area (Å²) < 4.78 is 0. The van der Waals surface area contributed by atoms with Crippen molar-refractivity contribution >= 4 is 0 Å². The second-order valence-electron chi connectivity index (χ2n) is 11.7. The van der Waals surface area contributed by atoms with Crippen LogP contribution in [0.1, 0.15) is 92.4 Å². The minimum absolute atomic E-state index is 0.376. The van der Waals surface area contributed by atoms with Crippen LogP contribution in [-0.4, -0.2) is 0 Å². The number of fused-ring (bicyclic) bond motifs is 5. The molecule has 4 aliphatic carbocycles. The van der Waals surface area contributed by atoms with Crippen LogP contribution < -0.4 is 0 Å². The fraction of sp³-hybridized carbons (Fsp3) is 0.724. The van der Waals surface area contributed by atoms with Gasteiger partial charge in [-0.05, 0) is 92.3 Å². The summed E-state index contributed by atoms with van der Waals surface area (Å²) in [6.07, 6.45) is 27.4. The van der Waals surface area contributed by atoms with Gasteiger partial charge in [0, 0.05) is 5.92 Å². The average Bonchev–Trinajstić information content (AvgIpc) is 2.97. The van der Waals surface area contributed by atoms with Crippen LogP contribution in [0.5, 0.6) is 0 Å². The number of hydrogen-bond donors (Lipinski definition) is 0. The molecule has 29 heavy (non-hydrogen) atoms. The molecule has 5 unspecified atom stereocenters. The van der Waals surface area contributed by atoms with E-state index in [1.807, 2.05) is 0 Å². The summed E-state index contributed by atoms with van der Waals surface area (Å²) in [6.45, 7) is 12.3. The molecule has 0 amide bonds. The molecule has 4 rings (SSSR count). The average molecular weight is 393 g/mol. The van der Waals surface area contributed by atoms with E-state index in [2.05, 4.69) is 71.1 Å². The normalized spacial score (nSPS) is 42.0. The van der Waals surface area contributed by atoms with Gasteiger partial charge >= 0.3 is 0 Å². The molecule has 2 fully saturated rings. The SMILES string of the molecule is CC(C)C/C=C/CC1CCC2C3=CC=C4CC(C)CCC4(C)[C@H]3C=CCCC12C. The van der Waals surface area contributed by atoms with Crippen molar-refractivity contribution in [2.75, 3.05) is 0 Å². The molecule has 0 heteroatoms. The van der Waals surface area contributed by atoms with Crippen LogP contribution >= 0.6 is 0 Å². The third-order valence-electron chi connectivity index (χ3n) is 9.29. The van der Waals surface area contributed by atoms with Gasteiger partial charge in [0.1, 0.15) is 0 Å². The van der Waals surface area contributed by atoms with E-state index in [9.17, 15) is 0 Å². The molecule has 0 saturated heterocycles. The minimum atomic E-state index is 0.376. The fourth-order valence-corrected chi connectivity index (χ4v) is 7.24. The lowest BCUT2D eigenvalue weighted by atomic mass is 9.54. The highest BCUT2D eigenvalue weighted by Crippen LogP contribution is 2.62. The summed E-state index contributed by atoms with van der Waals surface area (Å²) in [5.74, 6) is 3.93. The Labute approximate surface area is 180 Å². The molecule has 0 radical (unpaired) electrons. The Hall–Kier alpha value is -1.04. The van der Waals surface area contributed by atoms with Crippen molar-refractivity contribution in [1.82, 2.24) is 0 Å². The van der Waals surface area contributed by atoms with Crippen molar-refractivity contribution in [3.63, 3.8) is 0 Å². The highest BCUT2D eigenvalue weighted by Gasteiger charge is 2.52. The summed E-state index contributed by atoms with van der Waals surface area (Å²) in [5, 5.41) is 0. The lowest BCUT2D eigenvalue weighted by Crippen LogP contribution is -2.41. The van der Waals surface area contributed by atoms with Crippen LogP contribution in [0.25, 0.3) is 0 Å². The second kappa shape index (κ2) is 8.24. The first kappa shape index (κ1) is 21.2. The van der Waals surface area contributed by atoms with Gasteiger partial charge in [-0.2, -0.15) is 0 Å². The Morgan fingerprint density at radius 3 is 2.69 bits per heavy atom. The highest BCUT2D eigenvalue weighted by molar-refractivity contribution is 5.40. The van der Waals surface area contributed by atoms with Crippen LogP contribution in [0, 0.1) is 40.4 Å². The van der Waals surface area contributed by atoms with E-state index in [4.69, 9.17) is 0 Å². The first-order chi connectivity index (χ1) is 13.8. The molecular formula is C29H44. The summed E-state index contributed by atoms with van der Waals surface area (Å²) in [6, 6.07) is 0. The van der Waals surface area contributed by atoms with Crippen molar-refractivity contribution in [1.29, 1.82) is 0 Å². The Kier molecular flexibility index (Phi) is 6.02. The van der Waals surface area contributed by atoms with Gasteiger partial charge in [0.05, 0.1) is 0 Å². The van der Waals surface area contributed by atoms with Crippen molar-refractivity contribution in [3.05, 3.63) is 47.6 Å². The maximum absolute atomic E-state index is 2.65. The van der Waals surface area contributed by atoms with Crippen LogP contribution in [0.15, 0.2) is 47.6 Å². The second-order valence-corrected chi connectivity index (χ2v) is 11.7. The number of rotatable bonds is 4. The minimum Gasteiger partial charge on any atom is -0.0883 e. The molecule has 0 aliphatic heterocycles. The predicted octanol–water partition coefficient (Wildman–Crippen LogP) is 8.67. The number of allylic oxidation sites excluding steroid dienone is 8. The molecular weight excluding hydrogens is 348 g/mol. The Morgan fingerprint density at radius 2 is 1.90 bits per heavy atom. The maximum atomic E-state index is 2.65. The topological polar surface area (TPSA) is 0 Å². The molecule has 4 aliphatic rings. The van der Waals surface area contributed by atoms with Gasteiger partial charge in [0.25, 0.3) is 0 Å². The van der Waals surface area contributed by atoms with Crippen molar-refractivity contribution < 1.29 is 0 Å². The van der Waals surface area contributed by atoms with Crippen molar-refractivity contribution in [2.45, 2.75) is 92.4 Å². The third-order valence-corrected chi connectivity index (χ3v) is 9.29. The van der Waals surface area contributed by atoms with E-state index in [1.54, 1.807) is 11.1 Å². The maximum Gasteiger partial charge on any atom is 0.00741 e. The molecule has 0 aromatic carbocycles. The van der Waals surface area contributed by atoms with E-state index in [0.29, 0.717) is 16.7 Å². The van der Waals surface area contributed by atoms with E-state index in [-0.39, 0.29) is 0 Å². The van der Waals surface area contributed by atoms with Gasteiger partial charge in [-0.3, -0.25) is 0 Å². The van der Waals surface area contributed by atoms with Crippen LogP contribution in [0.3, 0.4) is 0 Å². The first-order valence-corrected chi connectivity index (χ1v) is 12.6. The Bertz CT molecular complexity index is 716. The zero-order valence-corrected chi connectivity index (χ0v) is 19.7. The Morgan fingerprint density at radius 1 is 1.07 bits per heavy atom. The lowest BCUT2D eigenvalue weighted by Gasteiger charge is -2.50. The zero-order valence-electron chi connectivity index (χ0n) is 19.7. The van der Waals surface area contributed by atoms with Gasteiger partial charge < -0.3 is 0 Å². The fourth-order valence-electron chi connectivity index (χ4n) is 7.24. The largest absolute Gasteiger partial charge is 0.0883 e. The molecule has 0 nitrogen and oxygen atoms in total. The molecule has 0 heterocycles. The van der Waals surface area contributed by atoms with E-state index in [0.717, 1.165) is 23.7 Å². The summed E-state index contributed by atoms with van der Waals surface area (Å²) >= 11 is 0. The summed E-state index contributed by atoms with van der Waals surface area (Å²) in [7, 11) is 0. The molecule has 0 spiro atoms. The molecule has 6 atom stereocenters.